The Morgan fingerprint density at radius 3 is 2.25 bits per heavy atom. The van der Waals surface area contributed by atoms with Crippen LogP contribution in [-0.2, 0) is 4.79 Å². The molecular weight excluding hydrogens is 314 g/mol. The number of hydrogen-bond acceptors (Lipinski definition) is 5. The van der Waals surface area contributed by atoms with Crippen molar-refractivity contribution in [1.29, 1.82) is 0 Å². The number of nitrogens with zero attached hydrogens (tertiary/aromatic N) is 3. The van der Waals surface area contributed by atoms with Crippen molar-refractivity contribution in [2.75, 3.05) is 33.3 Å². The van der Waals surface area contributed by atoms with Crippen LogP contribution in [0.15, 0.2) is 18.2 Å². The Hall–Kier alpha value is -2.64. The summed E-state index contributed by atoms with van der Waals surface area (Å²) in [5.74, 6) is -0.167. The van der Waals surface area contributed by atoms with Gasteiger partial charge in [0.15, 0.2) is 5.75 Å². The van der Waals surface area contributed by atoms with Crippen LogP contribution in [0.5, 0.6) is 5.75 Å². The van der Waals surface area contributed by atoms with E-state index in [2.05, 4.69) is 0 Å². The lowest BCUT2D eigenvalue weighted by Gasteiger charge is -2.35. The van der Waals surface area contributed by atoms with E-state index < -0.39 is 4.92 Å². The van der Waals surface area contributed by atoms with Gasteiger partial charge < -0.3 is 14.5 Å². The molecule has 2 amide bonds. The van der Waals surface area contributed by atoms with Crippen molar-refractivity contribution >= 4 is 17.5 Å². The topological polar surface area (TPSA) is 93.0 Å². The summed E-state index contributed by atoms with van der Waals surface area (Å²) < 4.78 is 4.94. The van der Waals surface area contributed by atoms with Crippen molar-refractivity contribution in [3.8, 4) is 5.75 Å². The molecule has 1 fully saturated rings. The highest BCUT2D eigenvalue weighted by molar-refractivity contribution is 5.95. The van der Waals surface area contributed by atoms with Crippen LogP contribution in [-0.4, -0.2) is 59.8 Å². The molecule has 0 radical (unpaired) electrons. The molecule has 0 unspecified atom stereocenters. The second kappa shape index (κ2) is 7.29. The minimum absolute atomic E-state index is 0.0715. The normalized spacial score (nSPS) is 14.7. The molecule has 0 aliphatic carbocycles. The highest BCUT2D eigenvalue weighted by atomic mass is 16.6. The lowest BCUT2D eigenvalue weighted by molar-refractivity contribution is -0.385. The molecule has 1 saturated heterocycles. The van der Waals surface area contributed by atoms with E-state index in [0.29, 0.717) is 26.2 Å². The Labute approximate surface area is 140 Å². The fraction of sp³-hybridized carbons (Fsp3) is 0.500. The highest BCUT2D eigenvalue weighted by Crippen LogP contribution is 2.28. The van der Waals surface area contributed by atoms with Crippen molar-refractivity contribution in [2.24, 2.45) is 5.92 Å². The minimum atomic E-state index is -0.575. The number of carbonyl (C=O) groups excluding carboxylic acids is 2. The molecular formula is C16H21N3O5. The summed E-state index contributed by atoms with van der Waals surface area (Å²) in [5, 5.41) is 11.1. The minimum Gasteiger partial charge on any atom is -0.490 e. The fourth-order valence-corrected chi connectivity index (χ4v) is 2.64. The first-order valence-corrected chi connectivity index (χ1v) is 7.75. The molecule has 2 rings (SSSR count). The van der Waals surface area contributed by atoms with E-state index in [-0.39, 0.29) is 34.7 Å². The van der Waals surface area contributed by atoms with Gasteiger partial charge in [-0.25, -0.2) is 0 Å². The van der Waals surface area contributed by atoms with Gasteiger partial charge in [-0.15, -0.1) is 0 Å². The van der Waals surface area contributed by atoms with E-state index in [1.54, 1.807) is 9.80 Å². The summed E-state index contributed by atoms with van der Waals surface area (Å²) in [6.45, 7) is 5.46. The maximum absolute atomic E-state index is 12.5. The summed E-state index contributed by atoms with van der Waals surface area (Å²) in [6.07, 6.45) is 0. The third-order valence-electron chi connectivity index (χ3n) is 3.99. The first-order chi connectivity index (χ1) is 11.3. The lowest BCUT2D eigenvalue weighted by atomic mass is 10.1. The van der Waals surface area contributed by atoms with Crippen LogP contribution >= 0.6 is 0 Å². The molecule has 24 heavy (non-hydrogen) atoms. The number of amides is 2. The van der Waals surface area contributed by atoms with Gasteiger partial charge in [0.05, 0.1) is 12.0 Å². The number of ether oxygens (including phenoxy) is 1. The van der Waals surface area contributed by atoms with Crippen molar-refractivity contribution in [3.05, 3.63) is 33.9 Å². The van der Waals surface area contributed by atoms with Crippen molar-refractivity contribution in [2.45, 2.75) is 13.8 Å². The molecule has 1 heterocycles. The number of hydrogen-bond donors (Lipinski definition) is 0. The van der Waals surface area contributed by atoms with Crippen LogP contribution in [0.25, 0.3) is 0 Å². The maximum atomic E-state index is 12.5. The second-order valence-electron chi connectivity index (χ2n) is 5.92. The van der Waals surface area contributed by atoms with Crippen molar-refractivity contribution < 1.29 is 19.2 Å². The molecule has 130 valence electrons. The van der Waals surface area contributed by atoms with E-state index >= 15 is 0 Å². The average molecular weight is 335 g/mol. The van der Waals surface area contributed by atoms with E-state index in [0.717, 1.165) is 0 Å². The van der Waals surface area contributed by atoms with Gasteiger partial charge in [0.25, 0.3) is 5.91 Å². The predicted molar refractivity (Wildman–Crippen MR) is 87.0 cm³/mol. The first kappa shape index (κ1) is 17.7. The van der Waals surface area contributed by atoms with Crippen LogP contribution in [0, 0.1) is 16.0 Å². The first-order valence-electron chi connectivity index (χ1n) is 7.75. The molecule has 8 nitrogen and oxygen atoms in total. The second-order valence-corrected chi connectivity index (χ2v) is 5.92. The molecule has 1 aliphatic rings. The molecule has 8 heteroatoms. The fourth-order valence-electron chi connectivity index (χ4n) is 2.64. The Bertz CT molecular complexity index is 651. The third-order valence-corrected chi connectivity index (χ3v) is 3.99. The molecule has 0 spiro atoms. The summed E-state index contributed by atoms with van der Waals surface area (Å²) in [6, 6.07) is 4.16. The molecule has 1 aromatic rings. The molecule has 0 aromatic heterocycles. The zero-order chi connectivity index (χ0) is 17.9. The van der Waals surface area contributed by atoms with Gasteiger partial charge in [-0.1, -0.05) is 13.8 Å². The van der Waals surface area contributed by atoms with E-state index in [1.165, 1.54) is 25.3 Å². The van der Waals surface area contributed by atoms with Crippen LogP contribution in [0.1, 0.15) is 24.2 Å². The summed E-state index contributed by atoms with van der Waals surface area (Å²) in [4.78, 5) is 38.4. The summed E-state index contributed by atoms with van der Waals surface area (Å²) >= 11 is 0. The van der Waals surface area contributed by atoms with Gasteiger partial charge in [-0.05, 0) is 12.1 Å². The summed E-state index contributed by atoms with van der Waals surface area (Å²) in [5.41, 5.74) is 0.00288. The Kier molecular flexibility index (Phi) is 5.38. The SMILES string of the molecule is COc1ccc(C(=O)N2CCN(C(=O)C(C)C)CC2)cc1[N+](=O)[O-]. The number of nitro groups is 1. The zero-order valence-electron chi connectivity index (χ0n) is 14.0. The van der Waals surface area contributed by atoms with Gasteiger partial charge in [0.1, 0.15) is 0 Å². The summed E-state index contributed by atoms with van der Waals surface area (Å²) in [7, 11) is 1.34. The number of methoxy groups -OCH3 is 1. The van der Waals surface area contributed by atoms with E-state index in [9.17, 15) is 19.7 Å². The van der Waals surface area contributed by atoms with Crippen molar-refractivity contribution in [1.82, 2.24) is 9.80 Å². The van der Waals surface area contributed by atoms with Crippen LogP contribution in [0.4, 0.5) is 5.69 Å². The Balaban J connectivity index is 2.09. The predicted octanol–water partition coefficient (Wildman–Crippen LogP) is 1.54. The Morgan fingerprint density at radius 2 is 1.75 bits per heavy atom. The van der Waals surface area contributed by atoms with Gasteiger partial charge in [-0.2, -0.15) is 0 Å². The molecule has 0 N–H and O–H groups in total. The van der Waals surface area contributed by atoms with Gasteiger partial charge in [0.2, 0.25) is 5.91 Å². The smallest absolute Gasteiger partial charge is 0.311 e. The highest BCUT2D eigenvalue weighted by Gasteiger charge is 2.27. The standard InChI is InChI=1S/C16H21N3O5/c1-11(2)15(20)17-6-8-18(9-7-17)16(21)12-4-5-14(24-3)13(10-12)19(22)23/h4-5,10-11H,6-9H2,1-3H3. The molecule has 1 aliphatic heterocycles. The average Bonchev–Trinajstić information content (AvgIpc) is 2.59. The van der Waals surface area contributed by atoms with Gasteiger partial charge in [-0.3, -0.25) is 19.7 Å². The molecule has 0 bridgehead atoms. The molecule has 0 saturated carbocycles. The van der Waals surface area contributed by atoms with E-state index in [1.807, 2.05) is 13.8 Å². The lowest BCUT2D eigenvalue weighted by Crippen LogP contribution is -2.51. The quantitative estimate of drug-likeness (QED) is 0.615. The number of nitro benzene ring substituents is 1. The number of piperazine rings is 1. The Morgan fingerprint density at radius 1 is 1.17 bits per heavy atom. The van der Waals surface area contributed by atoms with Crippen LogP contribution < -0.4 is 4.74 Å². The maximum Gasteiger partial charge on any atom is 0.311 e. The number of carbonyl (C=O) groups is 2. The number of rotatable bonds is 4. The molecule has 0 atom stereocenters. The monoisotopic (exact) mass is 335 g/mol. The van der Waals surface area contributed by atoms with Crippen LogP contribution in [0.3, 0.4) is 0 Å². The third kappa shape index (κ3) is 3.64. The van der Waals surface area contributed by atoms with Crippen molar-refractivity contribution in [3.63, 3.8) is 0 Å². The molecule has 1 aromatic carbocycles. The largest absolute Gasteiger partial charge is 0.490 e. The van der Waals surface area contributed by atoms with Gasteiger partial charge in [0, 0.05) is 43.7 Å². The number of benzene rings is 1. The van der Waals surface area contributed by atoms with Gasteiger partial charge >= 0.3 is 5.69 Å². The van der Waals surface area contributed by atoms with Crippen LogP contribution in [0.2, 0.25) is 0 Å². The van der Waals surface area contributed by atoms with E-state index in [4.69, 9.17) is 4.74 Å². The zero-order valence-corrected chi connectivity index (χ0v) is 14.0.